The van der Waals surface area contributed by atoms with Crippen LogP contribution in [0.15, 0.2) is 0 Å². The Morgan fingerprint density at radius 1 is 0.692 bits per heavy atom. The molecular formula is C18H34N6O2. The van der Waals surface area contributed by atoms with E-state index in [1.807, 2.05) is 10.0 Å². The Morgan fingerprint density at radius 2 is 1.12 bits per heavy atom. The lowest BCUT2D eigenvalue weighted by Gasteiger charge is -2.30. The van der Waals surface area contributed by atoms with E-state index in [0.717, 1.165) is 84.2 Å². The summed E-state index contributed by atoms with van der Waals surface area (Å²) in [5.74, 6) is 1.00. The number of urea groups is 2. The van der Waals surface area contributed by atoms with E-state index in [2.05, 4.69) is 21.5 Å². The molecule has 4 N–H and O–H groups in total. The zero-order chi connectivity index (χ0) is 18.2. The molecule has 4 amide bonds. The molecule has 0 aromatic heterocycles. The van der Waals surface area contributed by atoms with Gasteiger partial charge in [0.05, 0.1) is 0 Å². The van der Waals surface area contributed by atoms with Gasteiger partial charge in [-0.25, -0.2) is 19.6 Å². The molecule has 0 spiro atoms. The van der Waals surface area contributed by atoms with Crippen molar-refractivity contribution >= 4 is 12.1 Å². The third-order valence-corrected chi connectivity index (χ3v) is 5.73. The highest BCUT2D eigenvalue weighted by molar-refractivity contribution is 5.73. The van der Waals surface area contributed by atoms with Gasteiger partial charge < -0.3 is 10.6 Å². The van der Waals surface area contributed by atoms with Gasteiger partial charge in [0.1, 0.15) is 0 Å². The second-order valence-corrected chi connectivity index (χ2v) is 7.93. The summed E-state index contributed by atoms with van der Waals surface area (Å²) in [5, 5.41) is 10.0. The summed E-state index contributed by atoms with van der Waals surface area (Å²) in [4.78, 5) is 23.9. The van der Waals surface area contributed by atoms with E-state index >= 15 is 0 Å². The number of nitrogens with one attached hydrogen (secondary N) is 4. The normalized spacial score (nSPS) is 27.2. The SMILES string of the molecule is O=C(NCC1CCCC(CNC(=O)NN2CCCC2)C1)NN1CCCC1. The maximum absolute atomic E-state index is 12.0. The van der Waals surface area contributed by atoms with Crippen molar-refractivity contribution in [1.82, 2.24) is 31.5 Å². The van der Waals surface area contributed by atoms with Gasteiger partial charge in [-0.1, -0.05) is 6.42 Å². The van der Waals surface area contributed by atoms with Crippen molar-refractivity contribution in [3.63, 3.8) is 0 Å². The van der Waals surface area contributed by atoms with E-state index in [-0.39, 0.29) is 12.1 Å². The lowest BCUT2D eigenvalue weighted by molar-refractivity contribution is 0.187. The van der Waals surface area contributed by atoms with E-state index in [0.29, 0.717) is 11.8 Å². The summed E-state index contributed by atoms with van der Waals surface area (Å²) >= 11 is 0. The van der Waals surface area contributed by atoms with Crippen LogP contribution in [-0.2, 0) is 0 Å². The fraction of sp³-hybridized carbons (Fsp3) is 0.889. The minimum absolute atomic E-state index is 0.0860. The molecule has 3 fully saturated rings. The number of amides is 4. The molecule has 26 heavy (non-hydrogen) atoms. The molecule has 0 aromatic rings. The standard InChI is InChI=1S/C18H34N6O2/c25-17(21-23-8-1-2-9-23)19-13-15-6-5-7-16(12-15)14-20-18(26)22-24-10-3-4-11-24/h15-16H,1-14H2,(H2,19,21,25)(H2,20,22,26). The van der Waals surface area contributed by atoms with Crippen molar-refractivity contribution < 1.29 is 9.59 Å². The average molecular weight is 367 g/mol. The zero-order valence-electron chi connectivity index (χ0n) is 15.8. The lowest BCUT2D eigenvalue weighted by atomic mass is 9.81. The second kappa shape index (κ2) is 9.97. The van der Waals surface area contributed by atoms with Crippen LogP contribution in [0, 0.1) is 11.8 Å². The predicted molar refractivity (Wildman–Crippen MR) is 100 cm³/mol. The van der Waals surface area contributed by atoms with Gasteiger partial charge in [0, 0.05) is 39.3 Å². The second-order valence-electron chi connectivity index (χ2n) is 7.93. The molecule has 148 valence electrons. The summed E-state index contributed by atoms with van der Waals surface area (Å²) < 4.78 is 0. The maximum atomic E-state index is 12.0. The molecule has 0 radical (unpaired) electrons. The van der Waals surface area contributed by atoms with Gasteiger partial charge in [-0.3, -0.25) is 10.9 Å². The quantitative estimate of drug-likeness (QED) is 0.572. The molecule has 2 unspecified atom stereocenters. The fourth-order valence-electron chi connectivity index (χ4n) is 4.27. The Labute approximate surface area is 156 Å². The topological polar surface area (TPSA) is 88.7 Å². The van der Waals surface area contributed by atoms with Crippen LogP contribution in [0.4, 0.5) is 9.59 Å². The van der Waals surface area contributed by atoms with E-state index < -0.39 is 0 Å². The molecule has 0 aromatic carbocycles. The van der Waals surface area contributed by atoms with Gasteiger partial charge in [-0.15, -0.1) is 0 Å². The number of hydrazine groups is 2. The summed E-state index contributed by atoms with van der Waals surface area (Å²) in [6.07, 6.45) is 9.16. The monoisotopic (exact) mass is 366 g/mol. The molecule has 2 aliphatic heterocycles. The Balaban J connectivity index is 1.29. The minimum Gasteiger partial charge on any atom is -0.337 e. The van der Waals surface area contributed by atoms with Crippen molar-refractivity contribution in [2.45, 2.75) is 51.4 Å². The number of hydrogen-bond donors (Lipinski definition) is 4. The molecule has 1 aliphatic carbocycles. The van der Waals surface area contributed by atoms with Crippen LogP contribution in [0.5, 0.6) is 0 Å². The fourth-order valence-corrected chi connectivity index (χ4v) is 4.27. The zero-order valence-corrected chi connectivity index (χ0v) is 15.8. The summed E-state index contributed by atoms with van der Waals surface area (Å²) in [6, 6.07) is -0.172. The van der Waals surface area contributed by atoms with Crippen molar-refractivity contribution in [1.29, 1.82) is 0 Å². The lowest BCUT2D eigenvalue weighted by Crippen LogP contribution is -2.48. The third-order valence-electron chi connectivity index (χ3n) is 5.73. The first-order chi connectivity index (χ1) is 12.7. The predicted octanol–water partition coefficient (Wildman–Crippen LogP) is 1.41. The van der Waals surface area contributed by atoms with Crippen LogP contribution in [-0.4, -0.2) is 61.3 Å². The maximum Gasteiger partial charge on any atom is 0.329 e. The Kier molecular flexibility index (Phi) is 7.37. The summed E-state index contributed by atoms with van der Waals surface area (Å²) in [5.41, 5.74) is 5.83. The van der Waals surface area contributed by atoms with Crippen LogP contribution >= 0.6 is 0 Å². The van der Waals surface area contributed by atoms with E-state index in [9.17, 15) is 9.59 Å². The van der Waals surface area contributed by atoms with Gasteiger partial charge in [0.15, 0.2) is 0 Å². The Morgan fingerprint density at radius 3 is 1.54 bits per heavy atom. The molecule has 1 saturated carbocycles. The summed E-state index contributed by atoms with van der Waals surface area (Å²) in [7, 11) is 0. The number of carbonyl (C=O) groups is 2. The molecule has 2 heterocycles. The molecule has 2 atom stereocenters. The van der Waals surface area contributed by atoms with E-state index in [1.165, 1.54) is 6.42 Å². The van der Waals surface area contributed by atoms with Crippen molar-refractivity contribution in [2.75, 3.05) is 39.3 Å². The van der Waals surface area contributed by atoms with Gasteiger partial charge >= 0.3 is 12.1 Å². The van der Waals surface area contributed by atoms with Crippen LogP contribution < -0.4 is 21.5 Å². The molecule has 3 aliphatic rings. The molecule has 2 saturated heterocycles. The third kappa shape index (κ3) is 6.32. The van der Waals surface area contributed by atoms with Crippen LogP contribution in [0.1, 0.15) is 51.4 Å². The van der Waals surface area contributed by atoms with Gasteiger partial charge in [0.2, 0.25) is 0 Å². The first-order valence-corrected chi connectivity index (χ1v) is 10.3. The highest BCUT2D eigenvalue weighted by atomic mass is 16.2. The van der Waals surface area contributed by atoms with Gasteiger partial charge in [-0.2, -0.15) is 0 Å². The average Bonchev–Trinajstić information content (AvgIpc) is 3.33. The van der Waals surface area contributed by atoms with Crippen LogP contribution in [0.25, 0.3) is 0 Å². The molecular weight excluding hydrogens is 332 g/mol. The number of hydrogen-bond acceptors (Lipinski definition) is 4. The van der Waals surface area contributed by atoms with Crippen LogP contribution in [0.2, 0.25) is 0 Å². The highest BCUT2D eigenvalue weighted by Crippen LogP contribution is 2.28. The number of carbonyl (C=O) groups excluding carboxylic acids is 2. The van der Waals surface area contributed by atoms with E-state index in [1.54, 1.807) is 0 Å². The molecule has 8 heteroatoms. The van der Waals surface area contributed by atoms with Crippen LogP contribution in [0.3, 0.4) is 0 Å². The van der Waals surface area contributed by atoms with Crippen molar-refractivity contribution in [2.24, 2.45) is 11.8 Å². The Bertz CT molecular complexity index is 423. The smallest absolute Gasteiger partial charge is 0.329 e. The summed E-state index contributed by atoms with van der Waals surface area (Å²) in [6.45, 7) is 5.23. The van der Waals surface area contributed by atoms with Gasteiger partial charge in [-0.05, 0) is 56.8 Å². The molecule has 0 bridgehead atoms. The van der Waals surface area contributed by atoms with Gasteiger partial charge in [0.25, 0.3) is 0 Å². The number of nitrogens with zero attached hydrogens (tertiary/aromatic N) is 2. The van der Waals surface area contributed by atoms with E-state index in [4.69, 9.17) is 0 Å². The first-order valence-electron chi connectivity index (χ1n) is 10.3. The largest absolute Gasteiger partial charge is 0.337 e. The number of rotatable bonds is 6. The Hall–Kier alpha value is -1.54. The highest BCUT2D eigenvalue weighted by Gasteiger charge is 2.23. The minimum atomic E-state index is -0.0860. The first kappa shape index (κ1) is 19.2. The van der Waals surface area contributed by atoms with Crippen molar-refractivity contribution in [3.8, 4) is 0 Å². The molecule has 8 nitrogen and oxygen atoms in total. The molecule has 3 rings (SSSR count). The van der Waals surface area contributed by atoms with Crippen molar-refractivity contribution in [3.05, 3.63) is 0 Å².